The number of halogens is 1. The van der Waals surface area contributed by atoms with Crippen LogP contribution in [0.3, 0.4) is 0 Å². The van der Waals surface area contributed by atoms with Gasteiger partial charge in [0, 0.05) is 33.3 Å². The van der Waals surface area contributed by atoms with Gasteiger partial charge in [0.25, 0.3) is 0 Å². The van der Waals surface area contributed by atoms with Gasteiger partial charge in [-0.15, -0.1) is 0 Å². The van der Waals surface area contributed by atoms with E-state index in [9.17, 15) is 4.79 Å². The summed E-state index contributed by atoms with van der Waals surface area (Å²) in [5, 5.41) is 8.37. The maximum absolute atomic E-state index is 12.4. The molecule has 2 heterocycles. The van der Waals surface area contributed by atoms with Crippen molar-refractivity contribution in [3.8, 4) is 22.8 Å². The maximum atomic E-state index is 12.4. The summed E-state index contributed by atoms with van der Waals surface area (Å²) >= 11 is 11.7. The number of nitrogens with zero attached hydrogens (tertiary/aromatic N) is 1. The van der Waals surface area contributed by atoms with Gasteiger partial charge in [0.2, 0.25) is 11.8 Å². The Labute approximate surface area is 233 Å². The van der Waals surface area contributed by atoms with Crippen molar-refractivity contribution in [1.29, 1.82) is 0 Å². The molecule has 39 heavy (non-hydrogen) atoms. The molecule has 0 unspecified atom stereocenters. The highest BCUT2D eigenvalue weighted by Gasteiger charge is 2.13. The van der Waals surface area contributed by atoms with Crippen molar-refractivity contribution in [1.82, 2.24) is 10.3 Å². The molecule has 0 saturated carbocycles. The number of fused-ring (bicyclic) bond motifs is 2. The lowest BCUT2D eigenvalue weighted by molar-refractivity contribution is -0.115. The summed E-state index contributed by atoms with van der Waals surface area (Å²) in [6.07, 6.45) is 2.96. The van der Waals surface area contributed by atoms with E-state index in [1.165, 1.54) is 6.08 Å². The molecule has 0 radical (unpaired) electrons. The summed E-state index contributed by atoms with van der Waals surface area (Å²) in [5.74, 6) is 1.39. The van der Waals surface area contributed by atoms with Crippen LogP contribution in [0, 0.1) is 0 Å². The smallest absolute Gasteiger partial charge is 0.250 e. The highest BCUT2D eigenvalue weighted by atomic mass is 35.5. The van der Waals surface area contributed by atoms with Crippen LogP contribution in [0.4, 0.5) is 5.69 Å². The number of furan rings is 1. The van der Waals surface area contributed by atoms with Crippen molar-refractivity contribution >= 4 is 68.5 Å². The lowest BCUT2D eigenvalue weighted by atomic mass is 10.0. The van der Waals surface area contributed by atoms with Crippen LogP contribution in [0.5, 0.6) is 0 Å². The average molecular weight is 550 g/mol. The lowest BCUT2D eigenvalue weighted by Crippen LogP contribution is -2.32. The summed E-state index contributed by atoms with van der Waals surface area (Å²) in [7, 11) is 0. The minimum absolute atomic E-state index is 0.154. The first kappa shape index (κ1) is 24.6. The standard InChI is InChI=1S/C31H20ClN3O3S/c32-25-11-5-8-22-23(25)9-4-10-24(22)30-34-26-18-20(12-15-28(26)38-30)33-31(39)35-29(36)17-14-21-13-16-27(37-21)19-6-2-1-3-7-19/h1-18H,(H2,33,35,36,39)/b17-14+. The highest BCUT2D eigenvalue weighted by Crippen LogP contribution is 2.34. The second-order valence-electron chi connectivity index (χ2n) is 8.69. The monoisotopic (exact) mass is 549 g/mol. The number of carbonyl (C=O) groups excluding carboxylic acids is 1. The molecular formula is C31H20ClN3O3S. The number of aromatic nitrogens is 1. The molecule has 0 aliphatic heterocycles. The van der Waals surface area contributed by atoms with Gasteiger partial charge in [-0.3, -0.25) is 10.1 Å². The van der Waals surface area contributed by atoms with Crippen molar-refractivity contribution in [2.45, 2.75) is 0 Å². The third-order valence-corrected chi connectivity index (χ3v) is 6.60. The number of hydrogen-bond donors (Lipinski definition) is 2. The molecular weight excluding hydrogens is 530 g/mol. The van der Waals surface area contributed by atoms with Gasteiger partial charge < -0.3 is 14.2 Å². The van der Waals surface area contributed by atoms with Crippen LogP contribution in [0.2, 0.25) is 5.02 Å². The summed E-state index contributed by atoms with van der Waals surface area (Å²) < 4.78 is 11.8. The lowest BCUT2D eigenvalue weighted by Gasteiger charge is -2.07. The largest absolute Gasteiger partial charge is 0.457 e. The van der Waals surface area contributed by atoms with Crippen LogP contribution in [0.25, 0.3) is 50.7 Å². The Morgan fingerprint density at radius 3 is 2.56 bits per heavy atom. The van der Waals surface area contributed by atoms with Gasteiger partial charge in [-0.05, 0) is 66.1 Å². The van der Waals surface area contributed by atoms with E-state index < -0.39 is 0 Å². The van der Waals surface area contributed by atoms with E-state index >= 15 is 0 Å². The van der Waals surface area contributed by atoms with Crippen LogP contribution in [0.1, 0.15) is 5.76 Å². The summed E-state index contributed by atoms with van der Waals surface area (Å²) in [4.78, 5) is 17.1. The molecule has 0 atom stereocenters. The van der Waals surface area contributed by atoms with E-state index in [1.54, 1.807) is 24.3 Å². The van der Waals surface area contributed by atoms with Crippen molar-refractivity contribution < 1.29 is 13.6 Å². The van der Waals surface area contributed by atoms with E-state index in [0.29, 0.717) is 33.5 Å². The molecule has 6 nitrogen and oxygen atoms in total. The van der Waals surface area contributed by atoms with Gasteiger partial charge in [-0.2, -0.15) is 0 Å². The Morgan fingerprint density at radius 2 is 1.69 bits per heavy atom. The van der Waals surface area contributed by atoms with Crippen LogP contribution in [-0.4, -0.2) is 16.0 Å². The molecule has 2 aromatic heterocycles. The molecule has 0 aliphatic carbocycles. The zero-order chi connectivity index (χ0) is 26.8. The van der Waals surface area contributed by atoms with Crippen molar-refractivity contribution in [3.05, 3.63) is 114 Å². The third kappa shape index (κ3) is 5.31. The zero-order valence-corrected chi connectivity index (χ0v) is 21.9. The first-order chi connectivity index (χ1) is 19.0. The SMILES string of the molecule is O=C(/C=C/c1ccc(-c2ccccc2)o1)NC(=S)Nc1ccc2oc(-c3cccc4c(Cl)cccc34)nc2c1. The summed E-state index contributed by atoms with van der Waals surface area (Å²) in [6, 6.07) is 30.4. The number of nitrogens with one attached hydrogen (secondary N) is 2. The molecule has 8 heteroatoms. The zero-order valence-electron chi connectivity index (χ0n) is 20.4. The second kappa shape index (κ2) is 10.6. The molecule has 4 aromatic carbocycles. The number of thiocarbonyl (C=S) groups is 1. The molecule has 190 valence electrons. The van der Waals surface area contributed by atoms with E-state index in [2.05, 4.69) is 15.6 Å². The molecule has 0 aliphatic rings. The molecule has 6 rings (SSSR count). The first-order valence-corrected chi connectivity index (χ1v) is 12.9. The van der Waals surface area contributed by atoms with Crippen LogP contribution < -0.4 is 10.6 Å². The minimum Gasteiger partial charge on any atom is -0.457 e. The topological polar surface area (TPSA) is 80.3 Å². The predicted octanol–water partition coefficient (Wildman–Crippen LogP) is 8.09. The van der Waals surface area contributed by atoms with Gasteiger partial charge in [0.15, 0.2) is 10.7 Å². The van der Waals surface area contributed by atoms with Crippen LogP contribution >= 0.6 is 23.8 Å². The third-order valence-electron chi connectivity index (χ3n) is 6.07. The van der Waals surface area contributed by atoms with Gasteiger partial charge in [0.05, 0.1) is 0 Å². The average Bonchev–Trinajstić information content (AvgIpc) is 3.59. The Balaban J connectivity index is 1.13. The molecule has 0 fully saturated rings. The second-order valence-corrected chi connectivity index (χ2v) is 9.50. The molecule has 0 saturated heterocycles. The maximum Gasteiger partial charge on any atom is 0.250 e. The molecule has 2 N–H and O–H groups in total. The number of rotatable bonds is 5. The van der Waals surface area contributed by atoms with Crippen molar-refractivity contribution in [2.75, 3.05) is 5.32 Å². The Bertz CT molecular complexity index is 1870. The fourth-order valence-corrected chi connectivity index (χ4v) is 4.71. The molecule has 0 bridgehead atoms. The van der Waals surface area contributed by atoms with Gasteiger partial charge in [0.1, 0.15) is 17.0 Å². The normalized spacial score (nSPS) is 11.3. The van der Waals surface area contributed by atoms with E-state index in [-0.39, 0.29) is 11.0 Å². The molecule has 1 amide bonds. The molecule has 0 spiro atoms. The first-order valence-electron chi connectivity index (χ1n) is 12.1. The Hall–Kier alpha value is -4.72. The van der Waals surface area contributed by atoms with Crippen molar-refractivity contribution in [3.63, 3.8) is 0 Å². The van der Waals surface area contributed by atoms with Crippen LogP contribution in [-0.2, 0) is 4.79 Å². The van der Waals surface area contributed by atoms with E-state index in [1.807, 2.05) is 78.9 Å². The number of carbonyl (C=O) groups is 1. The Morgan fingerprint density at radius 1 is 0.872 bits per heavy atom. The predicted molar refractivity (Wildman–Crippen MR) is 160 cm³/mol. The van der Waals surface area contributed by atoms with E-state index in [0.717, 1.165) is 27.7 Å². The Kier molecular flexibility index (Phi) is 6.67. The highest BCUT2D eigenvalue weighted by molar-refractivity contribution is 7.80. The summed E-state index contributed by atoms with van der Waals surface area (Å²) in [5.41, 5.74) is 3.75. The minimum atomic E-state index is -0.385. The fourth-order valence-electron chi connectivity index (χ4n) is 4.25. The molecule has 6 aromatic rings. The van der Waals surface area contributed by atoms with Gasteiger partial charge >= 0.3 is 0 Å². The fraction of sp³-hybridized carbons (Fsp3) is 0. The number of anilines is 1. The quantitative estimate of drug-likeness (QED) is 0.167. The van der Waals surface area contributed by atoms with Gasteiger partial charge in [-0.1, -0.05) is 66.2 Å². The summed E-state index contributed by atoms with van der Waals surface area (Å²) in [6.45, 7) is 0. The number of hydrogen-bond acceptors (Lipinski definition) is 5. The van der Waals surface area contributed by atoms with Crippen molar-refractivity contribution in [2.24, 2.45) is 0 Å². The van der Waals surface area contributed by atoms with E-state index in [4.69, 9.17) is 32.7 Å². The number of benzene rings is 4. The number of oxazole rings is 1. The van der Waals surface area contributed by atoms with Crippen LogP contribution in [0.15, 0.2) is 112 Å². The van der Waals surface area contributed by atoms with Gasteiger partial charge in [-0.25, -0.2) is 4.98 Å². The number of amides is 1.